The van der Waals surface area contributed by atoms with Gasteiger partial charge in [-0.1, -0.05) is 0 Å². The lowest BCUT2D eigenvalue weighted by molar-refractivity contribution is -0.933. The molecule has 0 bridgehead atoms. The number of quaternary nitrogens is 1. The summed E-state index contributed by atoms with van der Waals surface area (Å²) in [5.74, 6) is 0. The van der Waals surface area contributed by atoms with Crippen LogP contribution in [-0.4, -0.2) is 43.8 Å². The van der Waals surface area contributed by atoms with Crippen LogP contribution in [0.15, 0.2) is 0 Å². The number of hydrogen-bond donors (Lipinski definition) is 1. The molecule has 0 aliphatic carbocycles. The van der Waals surface area contributed by atoms with Crippen LogP contribution in [0.5, 0.6) is 0 Å². The number of nitrogens with one attached hydrogen (secondary N) is 1. The fraction of sp³-hybridized carbons (Fsp3) is 1.00. The molecule has 0 saturated carbocycles. The van der Waals surface area contributed by atoms with Crippen LogP contribution in [0.1, 0.15) is 19.3 Å². The van der Waals surface area contributed by atoms with Crippen LogP contribution >= 0.6 is 0 Å². The van der Waals surface area contributed by atoms with Crippen molar-refractivity contribution in [2.45, 2.75) is 19.3 Å². The average Bonchev–Trinajstić information content (AvgIpc) is 2.07. The van der Waals surface area contributed by atoms with Crippen molar-refractivity contribution in [1.29, 1.82) is 0 Å². The predicted octanol–water partition coefficient (Wildman–Crippen LogP) is 0.590. The Morgan fingerprint density at radius 1 is 0.727 bits per heavy atom. The van der Waals surface area contributed by atoms with E-state index in [1.165, 1.54) is 63.0 Å². The van der Waals surface area contributed by atoms with Crippen molar-refractivity contribution in [2.75, 3.05) is 39.3 Å². The second-order valence-corrected chi connectivity index (χ2v) is 4.05. The predicted molar refractivity (Wildman–Crippen MR) is 46.4 cm³/mol. The highest BCUT2D eigenvalue weighted by atomic mass is 15.4. The molecule has 1 N–H and O–H groups in total. The molecule has 0 unspecified atom stereocenters. The van der Waals surface area contributed by atoms with E-state index in [0.717, 1.165) is 0 Å². The van der Waals surface area contributed by atoms with Crippen LogP contribution in [0.25, 0.3) is 0 Å². The molecular weight excluding hydrogens is 136 g/mol. The molecule has 11 heavy (non-hydrogen) atoms. The molecule has 2 heterocycles. The second-order valence-electron chi connectivity index (χ2n) is 4.05. The Morgan fingerprint density at radius 3 is 2.00 bits per heavy atom. The SMILES string of the molecule is C1CC[N+]2(CC1)CCNCC2. The fourth-order valence-corrected chi connectivity index (χ4v) is 2.50. The summed E-state index contributed by atoms with van der Waals surface area (Å²) >= 11 is 0. The zero-order valence-corrected chi connectivity index (χ0v) is 7.31. The molecule has 2 heteroatoms. The Bertz CT molecular complexity index is 102. The summed E-state index contributed by atoms with van der Waals surface area (Å²) in [4.78, 5) is 0. The van der Waals surface area contributed by atoms with Gasteiger partial charge in [0.2, 0.25) is 0 Å². The lowest BCUT2D eigenvalue weighted by atomic mass is 10.1. The van der Waals surface area contributed by atoms with Gasteiger partial charge >= 0.3 is 0 Å². The quantitative estimate of drug-likeness (QED) is 0.505. The zero-order valence-electron chi connectivity index (χ0n) is 7.31. The summed E-state index contributed by atoms with van der Waals surface area (Å²) in [7, 11) is 0. The molecule has 0 aromatic carbocycles. The zero-order chi connectivity index (χ0) is 7.57. The van der Waals surface area contributed by atoms with E-state index in [9.17, 15) is 0 Å². The Hall–Kier alpha value is -0.0800. The van der Waals surface area contributed by atoms with E-state index in [1.807, 2.05) is 0 Å². The summed E-state index contributed by atoms with van der Waals surface area (Å²) in [6.07, 6.45) is 4.42. The first kappa shape index (κ1) is 7.56. The van der Waals surface area contributed by atoms with Gasteiger partial charge in [-0.05, 0) is 19.3 Å². The second kappa shape index (κ2) is 3.11. The molecule has 0 aromatic heterocycles. The molecule has 2 fully saturated rings. The Balaban J connectivity index is 1.94. The molecule has 2 aliphatic heterocycles. The number of rotatable bonds is 0. The third-order valence-electron chi connectivity index (χ3n) is 3.29. The standard InChI is InChI=1S/C9H19N2/c1-2-6-11(7-3-1)8-4-10-5-9-11/h10H,1-9H2/q+1. The largest absolute Gasteiger partial charge is 0.322 e. The van der Waals surface area contributed by atoms with Gasteiger partial charge in [-0.25, -0.2) is 0 Å². The van der Waals surface area contributed by atoms with E-state index in [-0.39, 0.29) is 0 Å². The lowest BCUT2D eigenvalue weighted by Gasteiger charge is -2.44. The van der Waals surface area contributed by atoms with Gasteiger partial charge < -0.3 is 9.80 Å². The molecule has 0 atom stereocenters. The Kier molecular flexibility index (Phi) is 2.14. The molecule has 0 aromatic rings. The van der Waals surface area contributed by atoms with E-state index < -0.39 is 0 Å². The minimum absolute atomic E-state index is 1.25. The maximum Gasteiger partial charge on any atom is 0.0913 e. The van der Waals surface area contributed by atoms with E-state index in [0.29, 0.717) is 0 Å². The molecule has 0 radical (unpaired) electrons. The van der Waals surface area contributed by atoms with Gasteiger partial charge in [0.15, 0.2) is 0 Å². The minimum Gasteiger partial charge on any atom is -0.322 e. The molecule has 1 spiro atoms. The molecule has 0 amide bonds. The maximum atomic E-state index is 3.44. The third kappa shape index (κ3) is 1.57. The monoisotopic (exact) mass is 155 g/mol. The first-order valence-corrected chi connectivity index (χ1v) is 4.97. The van der Waals surface area contributed by atoms with E-state index in [1.54, 1.807) is 0 Å². The van der Waals surface area contributed by atoms with Crippen molar-refractivity contribution in [2.24, 2.45) is 0 Å². The summed E-state index contributed by atoms with van der Waals surface area (Å²) in [6, 6.07) is 0. The number of nitrogens with zero attached hydrogens (tertiary/aromatic N) is 1. The lowest BCUT2D eigenvalue weighted by Crippen LogP contribution is -2.60. The first-order chi connectivity index (χ1) is 5.41. The van der Waals surface area contributed by atoms with Crippen molar-refractivity contribution < 1.29 is 4.48 Å². The van der Waals surface area contributed by atoms with Crippen LogP contribution < -0.4 is 5.32 Å². The van der Waals surface area contributed by atoms with Crippen LogP contribution in [-0.2, 0) is 0 Å². The first-order valence-electron chi connectivity index (χ1n) is 4.97. The van der Waals surface area contributed by atoms with Gasteiger partial charge in [0.05, 0.1) is 26.2 Å². The minimum atomic E-state index is 1.25. The van der Waals surface area contributed by atoms with Crippen molar-refractivity contribution >= 4 is 0 Å². The number of piperazine rings is 1. The van der Waals surface area contributed by atoms with Gasteiger partial charge in [-0.3, -0.25) is 0 Å². The van der Waals surface area contributed by atoms with Crippen molar-refractivity contribution in [3.8, 4) is 0 Å². The summed E-state index contributed by atoms with van der Waals surface area (Å²) in [5, 5.41) is 3.44. The molecule has 64 valence electrons. The third-order valence-corrected chi connectivity index (χ3v) is 3.29. The van der Waals surface area contributed by atoms with Crippen LogP contribution in [0.3, 0.4) is 0 Å². The number of piperidine rings is 1. The van der Waals surface area contributed by atoms with Gasteiger partial charge in [0, 0.05) is 13.1 Å². The summed E-state index contributed by atoms with van der Waals surface area (Å²) in [5.41, 5.74) is 0. The Labute approximate surface area is 69.2 Å². The van der Waals surface area contributed by atoms with Crippen molar-refractivity contribution in [3.05, 3.63) is 0 Å². The molecule has 2 rings (SSSR count). The van der Waals surface area contributed by atoms with Gasteiger partial charge in [0.25, 0.3) is 0 Å². The molecule has 2 nitrogen and oxygen atoms in total. The number of hydrogen-bond acceptors (Lipinski definition) is 1. The topological polar surface area (TPSA) is 12.0 Å². The van der Waals surface area contributed by atoms with Crippen molar-refractivity contribution in [1.82, 2.24) is 5.32 Å². The highest BCUT2D eigenvalue weighted by molar-refractivity contribution is 4.61. The highest BCUT2D eigenvalue weighted by Gasteiger charge is 2.30. The van der Waals surface area contributed by atoms with Crippen LogP contribution in [0, 0.1) is 0 Å². The van der Waals surface area contributed by atoms with E-state index in [4.69, 9.17) is 0 Å². The summed E-state index contributed by atoms with van der Waals surface area (Å²) < 4.78 is 1.44. The Morgan fingerprint density at radius 2 is 1.36 bits per heavy atom. The molecule has 2 aliphatic rings. The van der Waals surface area contributed by atoms with Gasteiger partial charge in [-0.2, -0.15) is 0 Å². The maximum absolute atomic E-state index is 3.44. The van der Waals surface area contributed by atoms with Gasteiger partial charge in [-0.15, -0.1) is 0 Å². The van der Waals surface area contributed by atoms with Crippen LogP contribution in [0.4, 0.5) is 0 Å². The van der Waals surface area contributed by atoms with E-state index >= 15 is 0 Å². The molecular formula is C9H19N2+. The molecule has 2 saturated heterocycles. The van der Waals surface area contributed by atoms with E-state index in [2.05, 4.69) is 5.32 Å². The summed E-state index contributed by atoms with van der Waals surface area (Å²) in [6.45, 7) is 8.20. The van der Waals surface area contributed by atoms with Gasteiger partial charge in [0.1, 0.15) is 0 Å². The smallest absolute Gasteiger partial charge is 0.0913 e. The fourth-order valence-electron chi connectivity index (χ4n) is 2.50. The highest BCUT2D eigenvalue weighted by Crippen LogP contribution is 2.18. The average molecular weight is 155 g/mol. The van der Waals surface area contributed by atoms with Crippen molar-refractivity contribution in [3.63, 3.8) is 0 Å². The van der Waals surface area contributed by atoms with Crippen LogP contribution in [0.2, 0.25) is 0 Å². The normalized spacial score (nSPS) is 30.5.